The van der Waals surface area contributed by atoms with Crippen LogP contribution in [0.15, 0.2) is 188 Å². The maximum Gasteiger partial charge on any atom is 0.164 e. The van der Waals surface area contributed by atoms with Gasteiger partial charge in [-0.25, -0.2) is 15.0 Å². The second-order valence-electron chi connectivity index (χ2n) is 14.8. The van der Waals surface area contributed by atoms with Crippen molar-refractivity contribution in [3.8, 4) is 78.7 Å². The fourth-order valence-electron chi connectivity index (χ4n) is 8.41. The number of aromatic nitrogens is 3. The topological polar surface area (TPSA) is 38.7 Å². The van der Waals surface area contributed by atoms with Gasteiger partial charge in [0.1, 0.15) is 0 Å². The zero-order valence-electron chi connectivity index (χ0n) is 30.7. The van der Waals surface area contributed by atoms with Crippen LogP contribution in [0.1, 0.15) is 25.0 Å². The van der Waals surface area contributed by atoms with E-state index in [1.54, 1.807) is 0 Å². The smallest absolute Gasteiger partial charge is 0.164 e. The average molecular weight is 704 g/mol. The van der Waals surface area contributed by atoms with Crippen LogP contribution in [0.25, 0.3) is 89.4 Å². The molecule has 1 aromatic heterocycles. The summed E-state index contributed by atoms with van der Waals surface area (Å²) in [4.78, 5) is 15.3. The molecule has 0 aliphatic heterocycles. The third kappa shape index (κ3) is 5.73. The third-order valence-corrected chi connectivity index (χ3v) is 11.1. The zero-order chi connectivity index (χ0) is 36.9. The molecule has 0 radical (unpaired) electrons. The zero-order valence-corrected chi connectivity index (χ0v) is 30.7. The van der Waals surface area contributed by atoms with E-state index in [2.05, 4.69) is 178 Å². The Kier molecular flexibility index (Phi) is 7.81. The first-order chi connectivity index (χ1) is 27.0. The monoisotopic (exact) mass is 703 g/mol. The molecule has 1 aliphatic rings. The van der Waals surface area contributed by atoms with Crippen molar-refractivity contribution in [3.63, 3.8) is 0 Å². The summed E-state index contributed by atoms with van der Waals surface area (Å²) in [5, 5.41) is 2.57. The molecule has 8 aromatic carbocycles. The molecule has 9 aromatic rings. The van der Waals surface area contributed by atoms with Crippen LogP contribution < -0.4 is 0 Å². The van der Waals surface area contributed by atoms with E-state index in [0.717, 1.165) is 44.5 Å². The maximum absolute atomic E-state index is 5.17. The number of hydrogen-bond donors (Lipinski definition) is 0. The van der Waals surface area contributed by atoms with Crippen molar-refractivity contribution in [1.29, 1.82) is 0 Å². The quantitative estimate of drug-likeness (QED) is 0.173. The van der Waals surface area contributed by atoms with Crippen molar-refractivity contribution in [2.45, 2.75) is 19.3 Å². The van der Waals surface area contributed by atoms with Crippen LogP contribution in [-0.2, 0) is 5.41 Å². The molecule has 1 heterocycles. The second kappa shape index (κ2) is 13.2. The lowest BCUT2D eigenvalue weighted by Crippen LogP contribution is -2.15. The van der Waals surface area contributed by atoms with Gasteiger partial charge < -0.3 is 0 Å². The van der Waals surface area contributed by atoms with Gasteiger partial charge in [-0.1, -0.05) is 184 Å². The molecule has 0 unspecified atom stereocenters. The maximum atomic E-state index is 5.17. The van der Waals surface area contributed by atoms with Gasteiger partial charge in [0.2, 0.25) is 0 Å². The second-order valence-corrected chi connectivity index (χ2v) is 14.8. The highest BCUT2D eigenvalue weighted by Crippen LogP contribution is 2.51. The molecular weight excluding hydrogens is 667 g/mol. The van der Waals surface area contributed by atoms with Gasteiger partial charge in [0.25, 0.3) is 0 Å². The van der Waals surface area contributed by atoms with Crippen LogP contribution in [0, 0.1) is 0 Å². The van der Waals surface area contributed by atoms with Gasteiger partial charge in [-0.2, -0.15) is 0 Å². The summed E-state index contributed by atoms with van der Waals surface area (Å²) < 4.78 is 0. The molecule has 3 nitrogen and oxygen atoms in total. The van der Waals surface area contributed by atoms with E-state index in [0.29, 0.717) is 17.5 Å². The molecule has 10 rings (SSSR count). The number of nitrogens with zero attached hydrogens (tertiary/aromatic N) is 3. The van der Waals surface area contributed by atoms with Gasteiger partial charge in [0.15, 0.2) is 17.5 Å². The Morgan fingerprint density at radius 3 is 1.62 bits per heavy atom. The van der Waals surface area contributed by atoms with Gasteiger partial charge in [0, 0.05) is 22.1 Å². The molecule has 0 atom stereocenters. The Morgan fingerprint density at radius 1 is 0.327 bits per heavy atom. The van der Waals surface area contributed by atoms with Gasteiger partial charge in [-0.3, -0.25) is 0 Å². The summed E-state index contributed by atoms with van der Waals surface area (Å²) in [6.07, 6.45) is 0. The molecule has 0 saturated heterocycles. The lowest BCUT2D eigenvalue weighted by Gasteiger charge is -2.23. The summed E-state index contributed by atoms with van der Waals surface area (Å²) in [5.41, 5.74) is 15.1. The minimum absolute atomic E-state index is 0.0590. The lowest BCUT2D eigenvalue weighted by atomic mass is 9.80. The molecule has 0 N–H and O–H groups in total. The summed E-state index contributed by atoms with van der Waals surface area (Å²) >= 11 is 0. The summed E-state index contributed by atoms with van der Waals surface area (Å²) in [5.74, 6) is 1.92. The number of benzene rings is 8. The van der Waals surface area contributed by atoms with E-state index in [4.69, 9.17) is 15.0 Å². The van der Waals surface area contributed by atoms with Crippen molar-refractivity contribution < 1.29 is 0 Å². The third-order valence-electron chi connectivity index (χ3n) is 11.1. The van der Waals surface area contributed by atoms with E-state index < -0.39 is 0 Å². The van der Waals surface area contributed by atoms with Crippen LogP contribution in [0.2, 0.25) is 0 Å². The highest BCUT2D eigenvalue weighted by atomic mass is 15.0. The Morgan fingerprint density at radius 2 is 0.855 bits per heavy atom. The SMILES string of the molecule is CC1(C)c2ccccc2-c2ccc3cc(-c4cccc(-c5ccccc5-c5nc(-c6ccccc6)nc(-c6cccc(-c7ccccc7)c6)n5)c4)ccc3c21. The van der Waals surface area contributed by atoms with Crippen LogP contribution in [-0.4, -0.2) is 15.0 Å². The van der Waals surface area contributed by atoms with Gasteiger partial charge in [0.05, 0.1) is 0 Å². The van der Waals surface area contributed by atoms with Gasteiger partial charge in [-0.05, 0) is 84.6 Å². The first-order valence-electron chi connectivity index (χ1n) is 18.9. The van der Waals surface area contributed by atoms with Crippen molar-refractivity contribution in [3.05, 3.63) is 199 Å². The Bertz CT molecular complexity index is 2890. The molecule has 0 amide bonds. The normalized spacial score (nSPS) is 12.7. The van der Waals surface area contributed by atoms with Crippen molar-refractivity contribution >= 4 is 10.8 Å². The van der Waals surface area contributed by atoms with Gasteiger partial charge in [-0.15, -0.1) is 0 Å². The first kappa shape index (κ1) is 32.7. The molecule has 260 valence electrons. The molecule has 3 heteroatoms. The van der Waals surface area contributed by atoms with E-state index in [9.17, 15) is 0 Å². The van der Waals surface area contributed by atoms with Crippen molar-refractivity contribution in [2.24, 2.45) is 0 Å². The minimum atomic E-state index is -0.0590. The molecule has 0 bridgehead atoms. The van der Waals surface area contributed by atoms with E-state index in [1.807, 2.05) is 24.3 Å². The van der Waals surface area contributed by atoms with E-state index >= 15 is 0 Å². The Balaban J connectivity index is 1.06. The van der Waals surface area contributed by atoms with E-state index in [-0.39, 0.29) is 5.41 Å². The Labute approximate surface area is 321 Å². The molecule has 0 spiro atoms. The molecule has 1 aliphatic carbocycles. The molecular formula is C52H37N3. The van der Waals surface area contributed by atoms with Crippen LogP contribution in [0.5, 0.6) is 0 Å². The molecule has 0 saturated carbocycles. The standard InChI is InChI=1S/C52H37N3/c1-52(2)47-26-12-11-24-44(47)45-30-28-40-32-38(27-29-43(40)48(45)52)37-20-13-21-39(31-37)42-23-9-10-25-46(42)51-54-49(35-17-7-4-8-18-35)53-50(55-51)41-22-14-19-36(33-41)34-15-5-3-6-16-34/h3-33H,1-2H3. The predicted molar refractivity (Wildman–Crippen MR) is 228 cm³/mol. The summed E-state index contributed by atoms with van der Waals surface area (Å²) in [6.45, 7) is 4.71. The lowest BCUT2D eigenvalue weighted by molar-refractivity contribution is 0.666. The minimum Gasteiger partial charge on any atom is -0.208 e. The fraction of sp³-hybridized carbons (Fsp3) is 0.0577. The highest BCUT2D eigenvalue weighted by Gasteiger charge is 2.36. The van der Waals surface area contributed by atoms with E-state index in [1.165, 1.54) is 38.6 Å². The predicted octanol–water partition coefficient (Wildman–Crippen LogP) is 13.3. The molecule has 55 heavy (non-hydrogen) atoms. The molecule has 0 fully saturated rings. The van der Waals surface area contributed by atoms with Crippen LogP contribution >= 0.6 is 0 Å². The first-order valence-corrected chi connectivity index (χ1v) is 18.9. The van der Waals surface area contributed by atoms with Crippen molar-refractivity contribution in [2.75, 3.05) is 0 Å². The largest absolute Gasteiger partial charge is 0.208 e. The number of hydrogen-bond acceptors (Lipinski definition) is 3. The van der Waals surface area contributed by atoms with Crippen LogP contribution in [0.4, 0.5) is 0 Å². The number of fused-ring (bicyclic) bond motifs is 5. The average Bonchev–Trinajstić information content (AvgIpc) is 3.50. The number of rotatable bonds is 6. The summed E-state index contributed by atoms with van der Waals surface area (Å²) in [6, 6.07) is 66.7. The Hall–Kier alpha value is -6.97. The highest BCUT2D eigenvalue weighted by molar-refractivity contribution is 5.99. The van der Waals surface area contributed by atoms with Crippen LogP contribution in [0.3, 0.4) is 0 Å². The fourth-order valence-corrected chi connectivity index (χ4v) is 8.41. The van der Waals surface area contributed by atoms with Gasteiger partial charge >= 0.3 is 0 Å². The summed E-state index contributed by atoms with van der Waals surface area (Å²) in [7, 11) is 0. The van der Waals surface area contributed by atoms with Crippen molar-refractivity contribution in [1.82, 2.24) is 15.0 Å².